The van der Waals surface area contributed by atoms with Crippen molar-refractivity contribution in [3.63, 3.8) is 0 Å². The molecular formula is C13H16BrN3O3. The summed E-state index contributed by atoms with van der Waals surface area (Å²) < 4.78 is 0.607. The highest BCUT2D eigenvalue weighted by atomic mass is 79.9. The van der Waals surface area contributed by atoms with Crippen molar-refractivity contribution in [3.05, 3.63) is 32.8 Å². The lowest BCUT2D eigenvalue weighted by atomic mass is 9.80. The number of carbonyl (C=O) groups excluding carboxylic acids is 1. The van der Waals surface area contributed by atoms with Gasteiger partial charge in [0, 0.05) is 16.0 Å². The van der Waals surface area contributed by atoms with Gasteiger partial charge in [-0.15, -0.1) is 0 Å². The van der Waals surface area contributed by atoms with E-state index in [2.05, 4.69) is 26.6 Å². The van der Waals surface area contributed by atoms with Crippen molar-refractivity contribution in [2.24, 2.45) is 5.41 Å². The number of piperidine rings is 1. The molecule has 1 fully saturated rings. The number of carbonyl (C=O) groups is 1. The molecule has 0 radical (unpaired) electrons. The van der Waals surface area contributed by atoms with Gasteiger partial charge in [-0.25, -0.2) is 0 Å². The first-order valence-corrected chi connectivity index (χ1v) is 7.18. The molecule has 2 N–H and O–H groups in total. The lowest BCUT2D eigenvalue weighted by molar-refractivity contribution is -0.384. The van der Waals surface area contributed by atoms with Crippen LogP contribution in [-0.2, 0) is 4.79 Å². The molecule has 1 saturated heterocycles. The van der Waals surface area contributed by atoms with Gasteiger partial charge < -0.3 is 10.6 Å². The van der Waals surface area contributed by atoms with Crippen LogP contribution in [0.5, 0.6) is 0 Å². The third-order valence-electron chi connectivity index (χ3n) is 3.66. The average molecular weight is 342 g/mol. The van der Waals surface area contributed by atoms with Crippen LogP contribution in [0.15, 0.2) is 22.7 Å². The minimum atomic E-state index is -0.495. The molecule has 0 atom stereocenters. The molecule has 0 aromatic heterocycles. The minimum Gasteiger partial charge on any atom is -0.320 e. The second kappa shape index (κ2) is 5.88. The smallest absolute Gasteiger partial charge is 0.293 e. The van der Waals surface area contributed by atoms with Gasteiger partial charge in [0.1, 0.15) is 5.69 Å². The lowest BCUT2D eigenvalue weighted by Gasteiger charge is -2.32. The molecule has 1 aliphatic rings. The summed E-state index contributed by atoms with van der Waals surface area (Å²) in [5.74, 6) is -0.163. The van der Waals surface area contributed by atoms with Crippen LogP contribution in [-0.4, -0.2) is 23.9 Å². The van der Waals surface area contributed by atoms with E-state index in [0.717, 1.165) is 25.9 Å². The molecule has 1 aliphatic heterocycles. The summed E-state index contributed by atoms with van der Waals surface area (Å²) in [7, 11) is 0. The Morgan fingerprint density at radius 3 is 2.70 bits per heavy atom. The number of nitro benzene ring substituents is 1. The van der Waals surface area contributed by atoms with E-state index in [-0.39, 0.29) is 17.3 Å². The number of nitrogens with one attached hydrogen (secondary N) is 2. The number of nitro groups is 1. The van der Waals surface area contributed by atoms with Crippen molar-refractivity contribution < 1.29 is 9.72 Å². The van der Waals surface area contributed by atoms with Gasteiger partial charge in [-0.05, 0) is 38.1 Å². The van der Waals surface area contributed by atoms with E-state index in [9.17, 15) is 14.9 Å². The van der Waals surface area contributed by atoms with Crippen LogP contribution in [0.4, 0.5) is 11.4 Å². The number of anilines is 1. The largest absolute Gasteiger partial charge is 0.320 e. The van der Waals surface area contributed by atoms with E-state index in [1.54, 1.807) is 12.1 Å². The van der Waals surface area contributed by atoms with Crippen molar-refractivity contribution in [2.45, 2.75) is 19.8 Å². The van der Waals surface area contributed by atoms with Crippen molar-refractivity contribution in [3.8, 4) is 0 Å². The van der Waals surface area contributed by atoms with Gasteiger partial charge in [0.05, 0.1) is 4.92 Å². The van der Waals surface area contributed by atoms with Gasteiger partial charge in [0.25, 0.3) is 5.69 Å². The van der Waals surface area contributed by atoms with Crippen molar-refractivity contribution in [2.75, 3.05) is 18.4 Å². The van der Waals surface area contributed by atoms with Crippen LogP contribution < -0.4 is 10.6 Å². The highest BCUT2D eigenvalue weighted by molar-refractivity contribution is 9.10. The summed E-state index contributed by atoms with van der Waals surface area (Å²) in [4.78, 5) is 22.9. The van der Waals surface area contributed by atoms with E-state index in [1.807, 2.05) is 6.92 Å². The molecule has 7 heteroatoms. The maximum Gasteiger partial charge on any atom is 0.293 e. The molecule has 0 saturated carbocycles. The molecule has 1 aromatic carbocycles. The molecular weight excluding hydrogens is 326 g/mol. The lowest BCUT2D eigenvalue weighted by Crippen LogP contribution is -2.42. The number of amides is 1. The predicted octanol–water partition coefficient (Wildman–Crippen LogP) is 2.69. The summed E-state index contributed by atoms with van der Waals surface area (Å²) in [6.45, 7) is 3.46. The Hall–Kier alpha value is -1.47. The van der Waals surface area contributed by atoms with Crippen molar-refractivity contribution >= 4 is 33.2 Å². The van der Waals surface area contributed by atoms with E-state index in [0.29, 0.717) is 4.47 Å². The molecule has 20 heavy (non-hydrogen) atoms. The van der Waals surface area contributed by atoms with Gasteiger partial charge >= 0.3 is 0 Å². The number of benzene rings is 1. The van der Waals surface area contributed by atoms with Gasteiger partial charge in [-0.1, -0.05) is 22.9 Å². The first-order valence-electron chi connectivity index (χ1n) is 6.38. The summed E-state index contributed by atoms with van der Waals surface area (Å²) >= 11 is 3.19. The first kappa shape index (κ1) is 14.9. The van der Waals surface area contributed by atoms with Crippen molar-refractivity contribution in [1.82, 2.24) is 5.32 Å². The average Bonchev–Trinajstić information content (AvgIpc) is 2.41. The van der Waals surface area contributed by atoms with Crippen molar-refractivity contribution in [1.29, 1.82) is 0 Å². The molecule has 2 rings (SSSR count). The van der Waals surface area contributed by atoms with Crippen LogP contribution in [0, 0.1) is 15.5 Å². The maximum absolute atomic E-state index is 12.4. The molecule has 1 aromatic rings. The number of hydrogen-bond acceptors (Lipinski definition) is 4. The van der Waals surface area contributed by atoms with Gasteiger partial charge in [-0.2, -0.15) is 0 Å². The topological polar surface area (TPSA) is 84.3 Å². The monoisotopic (exact) mass is 341 g/mol. The summed E-state index contributed by atoms with van der Waals surface area (Å²) in [6, 6.07) is 4.61. The Bertz CT molecular complexity index is 542. The fourth-order valence-electron chi connectivity index (χ4n) is 2.24. The summed E-state index contributed by atoms with van der Waals surface area (Å²) in [6.07, 6.45) is 1.45. The fraction of sp³-hybridized carbons (Fsp3) is 0.462. The normalized spacial score (nSPS) is 17.5. The highest BCUT2D eigenvalue weighted by Gasteiger charge is 2.35. The second-order valence-corrected chi connectivity index (χ2v) is 6.10. The van der Waals surface area contributed by atoms with Crippen LogP contribution in [0.2, 0.25) is 0 Å². The molecule has 6 nitrogen and oxygen atoms in total. The SMILES string of the molecule is CC1(C(=O)Nc2ccc(Br)cc2[N+](=O)[O-])CCNCC1. The van der Waals surface area contributed by atoms with Crippen LogP contribution >= 0.6 is 15.9 Å². The Morgan fingerprint density at radius 2 is 2.10 bits per heavy atom. The third-order valence-corrected chi connectivity index (χ3v) is 4.15. The van der Waals surface area contributed by atoms with Gasteiger partial charge in [0.2, 0.25) is 5.91 Å². The first-order chi connectivity index (χ1) is 9.42. The highest BCUT2D eigenvalue weighted by Crippen LogP contribution is 2.33. The number of rotatable bonds is 3. The summed E-state index contributed by atoms with van der Waals surface area (Å²) in [5, 5.41) is 16.9. The van der Waals surface area contributed by atoms with E-state index in [1.165, 1.54) is 6.07 Å². The number of halogens is 1. The Balaban J connectivity index is 2.21. The van der Waals surface area contributed by atoms with Crippen LogP contribution in [0.3, 0.4) is 0 Å². The van der Waals surface area contributed by atoms with Gasteiger partial charge in [0.15, 0.2) is 0 Å². The maximum atomic E-state index is 12.4. The zero-order valence-corrected chi connectivity index (χ0v) is 12.7. The Kier molecular flexibility index (Phi) is 4.39. The number of hydrogen-bond donors (Lipinski definition) is 2. The number of nitrogens with zero attached hydrogens (tertiary/aromatic N) is 1. The Labute approximate surface area is 125 Å². The molecule has 0 aliphatic carbocycles. The third kappa shape index (κ3) is 3.16. The zero-order chi connectivity index (χ0) is 14.8. The van der Waals surface area contributed by atoms with E-state index >= 15 is 0 Å². The second-order valence-electron chi connectivity index (χ2n) is 5.18. The minimum absolute atomic E-state index is 0.106. The molecule has 108 valence electrons. The van der Waals surface area contributed by atoms with E-state index < -0.39 is 10.3 Å². The quantitative estimate of drug-likeness (QED) is 0.653. The summed E-state index contributed by atoms with van der Waals surface area (Å²) in [5.41, 5.74) is -0.347. The van der Waals surface area contributed by atoms with Gasteiger partial charge in [-0.3, -0.25) is 14.9 Å². The molecule has 0 bridgehead atoms. The van der Waals surface area contributed by atoms with E-state index in [4.69, 9.17) is 0 Å². The molecule has 0 spiro atoms. The molecule has 0 unspecified atom stereocenters. The van der Waals surface area contributed by atoms with Crippen LogP contribution in [0.25, 0.3) is 0 Å². The standard InChI is InChI=1S/C13H16BrN3O3/c1-13(4-6-15-7-5-13)12(18)16-10-3-2-9(14)8-11(10)17(19)20/h2-3,8,15H,4-7H2,1H3,(H,16,18). The van der Waals surface area contributed by atoms with Crippen LogP contribution in [0.1, 0.15) is 19.8 Å². The molecule has 1 heterocycles. The molecule has 1 amide bonds. The predicted molar refractivity (Wildman–Crippen MR) is 79.6 cm³/mol. The Morgan fingerprint density at radius 1 is 1.45 bits per heavy atom. The zero-order valence-electron chi connectivity index (χ0n) is 11.1. The fourth-order valence-corrected chi connectivity index (χ4v) is 2.59.